The molecule has 5 nitrogen and oxygen atoms in total. The van der Waals surface area contributed by atoms with Crippen LogP contribution in [-0.4, -0.2) is 30.7 Å². The van der Waals surface area contributed by atoms with E-state index in [-0.39, 0.29) is 5.43 Å². The number of benzene rings is 1. The molecule has 0 aromatic heterocycles. The van der Waals surface area contributed by atoms with Gasteiger partial charge in [0.2, 0.25) is 4.70 Å². The number of hydrogen-bond acceptors (Lipinski definition) is 4. The van der Waals surface area contributed by atoms with Crippen LogP contribution < -0.4 is 15.7 Å². The van der Waals surface area contributed by atoms with E-state index < -0.39 is 10.8 Å². The van der Waals surface area contributed by atoms with Crippen molar-refractivity contribution in [3.63, 3.8) is 0 Å². The first-order chi connectivity index (χ1) is 10.0. The highest BCUT2D eigenvalue weighted by molar-refractivity contribution is 7.29. The molecule has 21 heavy (non-hydrogen) atoms. The molecule has 0 radical (unpaired) electrons. The monoisotopic (exact) mass is 302 g/mol. The third-order valence-electron chi connectivity index (χ3n) is 3.48. The van der Waals surface area contributed by atoms with Gasteiger partial charge in [-0.3, -0.25) is 9.79 Å². The van der Waals surface area contributed by atoms with Gasteiger partial charge in [0.05, 0.1) is 0 Å². The van der Waals surface area contributed by atoms with Gasteiger partial charge >= 0.3 is 0 Å². The van der Waals surface area contributed by atoms with Gasteiger partial charge in [-0.25, -0.2) is 0 Å². The van der Waals surface area contributed by atoms with Crippen LogP contribution in [0.5, 0.6) is 0 Å². The number of nitrogens with one attached hydrogen (secondary N) is 1. The second kappa shape index (κ2) is 4.98. The lowest BCUT2D eigenvalue weighted by Gasteiger charge is -2.11. The van der Waals surface area contributed by atoms with Gasteiger partial charge in [-0.1, -0.05) is 0 Å². The van der Waals surface area contributed by atoms with Crippen molar-refractivity contribution >= 4 is 26.7 Å². The fraction of sp³-hybridized carbons (Fsp3) is 0.200. The fourth-order valence-electron chi connectivity index (χ4n) is 2.33. The third-order valence-corrected chi connectivity index (χ3v) is 5.03. The molecule has 108 valence electrons. The molecule has 2 N–H and O–H groups in total. The number of hydrogen-bond donors (Lipinski definition) is 2. The van der Waals surface area contributed by atoms with Crippen LogP contribution in [0.1, 0.15) is 0 Å². The lowest BCUT2D eigenvalue weighted by Crippen LogP contribution is -2.25. The lowest BCUT2D eigenvalue weighted by atomic mass is 10.3. The van der Waals surface area contributed by atoms with E-state index in [2.05, 4.69) is 9.98 Å². The van der Waals surface area contributed by atoms with E-state index in [0.29, 0.717) is 15.2 Å². The van der Waals surface area contributed by atoms with Crippen LogP contribution in [-0.2, 0) is 0 Å². The summed E-state index contributed by atoms with van der Waals surface area (Å²) in [6.07, 6.45) is 0. The third kappa shape index (κ3) is 2.12. The molecule has 2 aliphatic rings. The first kappa shape index (κ1) is 13.8. The zero-order valence-electron chi connectivity index (χ0n) is 12.0. The molecule has 6 heteroatoms. The molecule has 3 rings (SSSR count). The molecule has 0 amide bonds. The summed E-state index contributed by atoms with van der Waals surface area (Å²) in [5.74, 6) is 0. The molecular weight excluding hydrogens is 286 g/mol. The Labute approximate surface area is 123 Å². The van der Waals surface area contributed by atoms with Gasteiger partial charge in [-0.05, 0) is 24.3 Å². The predicted octanol–water partition coefficient (Wildman–Crippen LogP) is 1.73. The smallest absolute Gasteiger partial charge is 0.283 e. The van der Waals surface area contributed by atoms with Gasteiger partial charge in [0, 0.05) is 32.9 Å². The number of aromatic nitrogens is 1. The molecule has 1 unspecified atom stereocenters. The van der Waals surface area contributed by atoms with Crippen LogP contribution in [0, 0.1) is 9.88 Å². The Morgan fingerprint density at radius 2 is 2.00 bits per heavy atom. The average Bonchev–Trinajstić information content (AvgIpc) is 2.47. The van der Waals surface area contributed by atoms with Crippen molar-refractivity contribution in [3.8, 4) is 0 Å². The Kier molecular flexibility index (Phi) is 3.27. The average molecular weight is 302 g/mol. The van der Waals surface area contributed by atoms with Crippen LogP contribution in [0.4, 0.5) is 5.69 Å². The van der Waals surface area contributed by atoms with Gasteiger partial charge in [-0.15, -0.1) is 0 Å². The van der Waals surface area contributed by atoms with Gasteiger partial charge in [0.1, 0.15) is 16.2 Å². The van der Waals surface area contributed by atoms with Crippen molar-refractivity contribution in [2.45, 2.75) is 0 Å². The molecule has 0 bridgehead atoms. The summed E-state index contributed by atoms with van der Waals surface area (Å²) in [7, 11) is 4.20. The van der Waals surface area contributed by atoms with E-state index in [4.69, 9.17) is 0 Å². The first-order valence-corrected chi connectivity index (χ1v) is 7.66. The maximum absolute atomic E-state index is 12.4. The Bertz CT molecular complexity index is 1020. The van der Waals surface area contributed by atoms with Crippen molar-refractivity contribution < 1.29 is 4.55 Å². The highest BCUT2D eigenvalue weighted by Crippen LogP contribution is 2.29. The van der Waals surface area contributed by atoms with E-state index in [0.717, 1.165) is 15.9 Å². The first-order valence-electron chi connectivity index (χ1n) is 6.48. The number of aromatic amines is 1. The topological polar surface area (TPSA) is 68.7 Å². The minimum absolute atomic E-state index is 0.214. The van der Waals surface area contributed by atoms with Crippen molar-refractivity contribution in [2.75, 3.05) is 26.0 Å². The zero-order valence-corrected chi connectivity index (χ0v) is 12.9. The van der Waals surface area contributed by atoms with Crippen molar-refractivity contribution in [1.82, 2.24) is 4.98 Å². The molecule has 0 spiro atoms. The van der Waals surface area contributed by atoms with E-state index in [9.17, 15) is 9.35 Å². The summed E-state index contributed by atoms with van der Waals surface area (Å²) >= 11 is 0. The molecule has 0 saturated heterocycles. The Morgan fingerprint density at radius 1 is 1.24 bits per heavy atom. The van der Waals surface area contributed by atoms with E-state index >= 15 is 0 Å². The van der Waals surface area contributed by atoms with E-state index in [1.165, 1.54) is 0 Å². The summed E-state index contributed by atoms with van der Waals surface area (Å²) in [5.41, 5.74) is 1.60. The SMILES string of the molecule is CN=c1ccc2[nH]c3ccc(N(C)C)cc3[s+](O)c=2c1=O. The van der Waals surface area contributed by atoms with Crippen LogP contribution >= 0.6 is 10.8 Å². The minimum Gasteiger partial charge on any atom is -0.377 e. The van der Waals surface area contributed by atoms with Crippen LogP contribution in [0.2, 0.25) is 0 Å². The maximum atomic E-state index is 12.4. The molecule has 1 aromatic rings. The van der Waals surface area contributed by atoms with Crippen LogP contribution in [0.15, 0.2) is 40.1 Å². The van der Waals surface area contributed by atoms with Gasteiger partial charge in [0.25, 0.3) is 9.96 Å². The van der Waals surface area contributed by atoms with E-state index in [1.54, 1.807) is 19.2 Å². The Balaban J connectivity index is 2.57. The molecule has 1 aromatic carbocycles. The summed E-state index contributed by atoms with van der Waals surface area (Å²) in [6, 6.07) is 9.26. The summed E-state index contributed by atoms with van der Waals surface area (Å²) < 4.78 is 11.8. The molecule has 1 atom stereocenters. The zero-order chi connectivity index (χ0) is 15.1. The highest BCUT2D eigenvalue weighted by atomic mass is 32.2. The van der Waals surface area contributed by atoms with Crippen molar-refractivity contribution in [3.05, 3.63) is 55.8 Å². The van der Waals surface area contributed by atoms with Crippen molar-refractivity contribution in [2.24, 2.45) is 4.99 Å². The highest BCUT2D eigenvalue weighted by Gasteiger charge is 2.18. The number of fused-ring (bicyclic) bond motifs is 1. The quantitative estimate of drug-likeness (QED) is 0.673. The van der Waals surface area contributed by atoms with Crippen LogP contribution in [0.25, 0.3) is 10.2 Å². The molecule has 1 heterocycles. The lowest BCUT2D eigenvalue weighted by molar-refractivity contribution is 0.642. The van der Waals surface area contributed by atoms with Crippen LogP contribution in [0.3, 0.4) is 0 Å². The summed E-state index contributed by atoms with van der Waals surface area (Å²) in [4.78, 5) is 21.5. The summed E-state index contributed by atoms with van der Waals surface area (Å²) in [6.45, 7) is 0. The van der Waals surface area contributed by atoms with Gasteiger partial charge in [0.15, 0.2) is 10.8 Å². The van der Waals surface area contributed by atoms with E-state index in [1.807, 2.05) is 37.2 Å². The Morgan fingerprint density at radius 3 is 2.67 bits per heavy atom. The van der Waals surface area contributed by atoms with Crippen molar-refractivity contribution in [1.29, 1.82) is 0 Å². The van der Waals surface area contributed by atoms with Gasteiger partial charge in [-0.2, -0.15) is 4.55 Å². The maximum Gasteiger partial charge on any atom is 0.283 e. The van der Waals surface area contributed by atoms with Gasteiger partial charge < -0.3 is 9.88 Å². The molecule has 1 aliphatic carbocycles. The predicted molar refractivity (Wildman–Crippen MR) is 85.5 cm³/mol. The molecule has 1 aliphatic heterocycles. The fourth-order valence-corrected chi connectivity index (χ4v) is 3.71. The summed E-state index contributed by atoms with van der Waals surface area (Å²) in [5, 5.41) is 1.03. The number of nitrogens with zero attached hydrogens (tertiary/aromatic N) is 2. The normalized spacial score (nSPS) is 13.1. The standard InChI is InChI=1S/C15H15N3O2S/c1-16-11-6-7-12-15(14(11)19)21(20)13-8-9(18(2)3)4-5-10(13)17-12/h4-8,20H,1-3H3/p+1. The number of H-pyrrole nitrogens is 1. The molecular formula is C15H16N3O2S+. The largest absolute Gasteiger partial charge is 0.377 e. The minimum atomic E-state index is -1.25. The second-order valence-corrected chi connectivity index (χ2v) is 6.42. The number of anilines is 1. The molecule has 0 saturated carbocycles. The second-order valence-electron chi connectivity index (χ2n) is 5.00. The molecule has 0 fully saturated rings. The number of rotatable bonds is 1. The Hall–Kier alpha value is -2.18.